The molecule has 0 bridgehead atoms. The van der Waals surface area contributed by atoms with E-state index in [2.05, 4.69) is 4.74 Å². The second-order valence-corrected chi connectivity index (χ2v) is 2.31. The second-order valence-electron chi connectivity index (χ2n) is 2.31. The number of hydrogen-bond acceptors (Lipinski definition) is 3. The molecule has 2 N–H and O–H groups in total. The SMILES string of the molecule is CCOC(=O)C(CN)CC(F)F. The van der Waals surface area contributed by atoms with Gasteiger partial charge in [-0.2, -0.15) is 0 Å². The van der Waals surface area contributed by atoms with Gasteiger partial charge >= 0.3 is 5.97 Å². The molecule has 0 saturated carbocycles. The first-order valence-electron chi connectivity index (χ1n) is 3.76. The minimum Gasteiger partial charge on any atom is -0.466 e. The van der Waals surface area contributed by atoms with Crippen LogP contribution in [0.2, 0.25) is 0 Å². The van der Waals surface area contributed by atoms with E-state index in [0.29, 0.717) is 0 Å². The highest BCUT2D eigenvalue weighted by molar-refractivity contribution is 5.72. The zero-order chi connectivity index (χ0) is 9.56. The average molecular weight is 181 g/mol. The summed E-state index contributed by atoms with van der Waals surface area (Å²) in [5.74, 6) is -1.51. The van der Waals surface area contributed by atoms with E-state index in [0.717, 1.165) is 0 Å². The van der Waals surface area contributed by atoms with Gasteiger partial charge in [0.1, 0.15) is 0 Å². The Bertz CT molecular complexity index is 141. The van der Waals surface area contributed by atoms with Crippen molar-refractivity contribution in [1.82, 2.24) is 0 Å². The number of carbonyl (C=O) groups is 1. The molecule has 0 amide bonds. The molecule has 0 spiro atoms. The van der Waals surface area contributed by atoms with Crippen LogP contribution >= 0.6 is 0 Å². The molecular weight excluding hydrogens is 168 g/mol. The van der Waals surface area contributed by atoms with Crippen molar-refractivity contribution in [2.45, 2.75) is 19.8 Å². The van der Waals surface area contributed by atoms with Gasteiger partial charge in [-0.3, -0.25) is 4.79 Å². The maximum Gasteiger partial charge on any atom is 0.310 e. The number of hydrogen-bond donors (Lipinski definition) is 1. The third-order valence-corrected chi connectivity index (χ3v) is 1.37. The Morgan fingerprint density at radius 1 is 1.58 bits per heavy atom. The predicted molar refractivity (Wildman–Crippen MR) is 39.8 cm³/mol. The van der Waals surface area contributed by atoms with Crippen LogP contribution in [0.5, 0.6) is 0 Å². The molecule has 0 radical (unpaired) electrons. The Hall–Kier alpha value is -0.710. The van der Waals surface area contributed by atoms with Gasteiger partial charge in [0.2, 0.25) is 6.43 Å². The van der Waals surface area contributed by atoms with Crippen LogP contribution in [-0.2, 0) is 9.53 Å². The van der Waals surface area contributed by atoms with E-state index in [4.69, 9.17) is 5.73 Å². The Balaban J connectivity index is 3.87. The van der Waals surface area contributed by atoms with Gasteiger partial charge in [-0.1, -0.05) is 0 Å². The number of rotatable bonds is 5. The highest BCUT2D eigenvalue weighted by atomic mass is 19.3. The quantitative estimate of drug-likeness (QED) is 0.637. The molecular formula is C7H13F2NO2. The lowest BCUT2D eigenvalue weighted by atomic mass is 10.1. The van der Waals surface area contributed by atoms with Crippen molar-refractivity contribution < 1.29 is 18.3 Å². The van der Waals surface area contributed by atoms with Crippen LogP contribution in [0, 0.1) is 5.92 Å². The Labute approximate surface area is 69.9 Å². The molecule has 1 unspecified atom stereocenters. The van der Waals surface area contributed by atoms with Crippen LogP contribution < -0.4 is 5.73 Å². The average Bonchev–Trinajstić information content (AvgIpc) is 2.00. The molecule has 5 heteroatoms. The molecule has 0 aliphatic rings. The van der Waals surface area contributed by atoms with E-state index in [1.54, 1.807) is 6.92 Å². The van der Waals surface area contributed by atoms with Crippen molar-refractivity contribution in [3.05, 3.63) is 0 Å². The number of halogens is 2. The lowest BCUT2D eigenvalue weighted by Crippen LogP contribution is -2.27. The van der Waals surface area contributed by atoms with E-state index >= 15 is 0 Å². The van der Waals surface area contributed by atoms with Crippen molar-refractivity contribution in [2.24, 2.45) is 11.7 Å². The molecule has 0 aromatic carbocycles. The molecule has 0 heterocycles. The standard InChI is InChI=1S/C7H13F2NO2/c1-2-12-7(11)5(4-10)3-6(8)9/h5-6H,2-4,10H2,1H3. The van der Waals surface area contributed by atoms with Gasteiger partial charge in [0.05, 0.1) is 12.5 Å². The van der Waals surface area contributed by atoms with Gasteiger partial charge < -0.3 is 10.5 Å². The van der Waals surface area contributed by atoms with Crippen molar-refractivity contribution in [3.63, 3.8) is 0 Å². The van der Waals surface area contributed by atoms with Gasteiger partial charge in [0, 0.05) is 13.0 Å². The minimum atomic E-state index is -2.51. The van der Waals surface area contributed by atoms with Gasteiger partial charge in [-0.15, -0.1) is 0 Å². The summed E-state index contributed by atoms with van der Waals surface area (Å²) >= 11 is 0. The molecule has 0 aromatic heterocycles. The van der Waals surface area contributed by atoms with E-state index < -0.39 is 24.7 Å². The fourth-order valence-electron chi connectivity index (χ4n) is 0.764. The van der Waals surface area contributed by atoms with Crippen LogP contribution in [0.15, 0.2) is 0 Å². The smallest absolute Gasteiger partial charge is 0.310 e. The van der Waals surface area contributed by atoms with Gasteiger partial charge in [-0.25, -0.2) is 8.78 Å². The third kappa shape index (κ3) is 4.23. The fourth-order valence-corrected chi connectivity index (χ4v) is 0.764. The third-order valence-electron chi connectivity index (χ3n) is 1.37. The number of ether oxygens (including phenoxy) is 1. The molecule has 12 heavy (non-hydrogen) atoms. The normalized spacial score (nSPS) is 13.1. The summed E-state index contributed by atoms with van der Waals surface area (Å²) in [5, 5.41) is 0. The van der Waals surface area contributed by atoms with Crippen LogP contribution in [0.4, 0.5) is 8.78 Å². The summed E-state index contributed by atoms with van der Waals surface area (Å²) in [4.78, 5) is 10.9. The Morgan fingerprint density at radius 2 is 2.17 bits per heavy atom. The highest BCUT2D eigenvalue weighted by Crippen LogP contribution is 2.11. The highest BCUT2D eigenvalue weighted by Gasteiger charge is 2.22. The maximum absolute atomic E-state index is 11.8. The van der Waals surface area contributed by atoms with Crippen LogP contribution in [-0.4, -0.2) is 25.5 Å². The predicted octanol–water partition coefficient (Wildman–Crippen LogP) is 0.780. The number of carbonyl (C=O) groups excluding carboxylic acids is 1. The van der Waals surface area contributed by atoms with E-state index in [-0.39, 0.29) is 13.2 Å². The van der Waals surface area contributed by atoms with Gasteiger partial charge in [-0.05, 0) is 6.92 Å². The Kier molecular flexibility index (Phi) is 5.53. The number of alkyl halides is 2. The largest absolute Gasteiger partial charge is 0.466 e. The summed E-state index contributed by atoms with van der Waals surface area (Å²) in [6.45, 7) is 1.72. The number of esters is 1. The Morgan fingerprint density at radius 3 is 2.50 bits per heavy atom. The van der Waals surface area contributed by atoms with Crippen molar-refractivity contribution in [1.29, 1.82) is 0 Å². The van der Waals surface area contributed by atoms with Gasteiger partial charge in [0.25, 0.3) is 0 Å². The fraction of sp³-hybridized carbons (Fsp3) is 0.857. The van der Waals surface area contributed by atoms with Crippen LogP contribution in [0.3, 0.4) is 0 Å². The first kappa shape index (κ1) is 11.3. The van der Waals surface area contributed by atoms with Crippen LogP contribution in [0.1, 0.15) is 13.3 Å². The zero-order valence-electron chi connectivity index (χ0n) is 6.93. The summed E-state index contributed by atoms with van der Waals surface area (Å²) < 4.78 is 28.2. The van der Waals surface area contributed by atoms with Crippen molar-refractivity contribution in [3.8, 4) is 0 Å². The summed E-state index contributed by atoms with van der Waals surface area (Å²) in [7, 11) is 0. The molecule has 0 aromatic rings. The van der Waals surface area contributed by atoms with Crippen molar-refractivity contribution >= 4 is 5.97 Å². The monoisotopic (exact) mass is 181 g/mol. The van der Waals surface area contributed by atoms with Gasteiger partial charge in [0.15, 0.2) is 0 Å². The lowest BCUT2D eigenvalue weighted by molar-refractivity contribution is -0.149. The van der Waals surface area contributed by atoms with E-state index in [1.807, 2.05) is 0 Å². The molecule has 3 nitrogen and oxygen atoms in total. The zero-order valence-corrected chi connectivity index (χ0v) is 6.93. The summed E-state index contributed by atoms with van der Waals surface area (Å²) in [6.07, 6.45) is -3.03. The molecule has 0 fully saturated rings. The minimum absolute atomic E-state index is 0.0941. The van der Waals surface area contributed by atoms with Crippen molar-refractivity contribution in [2.75, 3.05) is 13.2 Å². The van der Waals surface area contributed by atoms with E-state index in [1.165, 1.54) is 0 Å². The lowest BCUT2D eigenvalue weighted by Gasteiger charge is -2.11. The molecule has 0 rings (SSSR count). The summed E-state index contributed by atoms with van der Waals surface area (Å²) in [5.41, 5.74) is 5.12. The van der Waals surface area contributed by atoms with E-state index in [9.17, 15) is 13.6 Å². The molecule has 0 aliphatic heterocycles. The molecule has 0 aliphatic carbocycles. The number of nitrogens with two attached hydrogens (primary N) is 1. The topological polar surface area (TPSA) is 52.3 Å². The first-order chi connectivity index (χ1) is 5.61. The first-order valence-corrected chi connectivity index (χ1v) is 3.76. The second kappa shape index (κ2) is 5.88. The molecule has 72 valence electrons. The molecule has 0 saturated heterocycles. The maximum atomic E-state index is 11.8. The van der Waals surface area contributed by atoms with Crippen LogP contribution in [0.25, 0.3) is 0 Å². The molecule has 1 atom stereocenters. The summed E-state index contributed by atoms with van der Waals surface area (Å²) in [6, 6.07) is 0.